The predicted octanol–water partition coefficient (Wildman–Crippen LogP) is 2.49. The number of amides is 1. The van der Waals surface area contributed by atoms with Crippen LogP contribution in [0, 0.1) is 13.8 Å². The summed E-state index contributed by atoms with van der Waals surface area (Å²) in [6, 6.07) is 6.53. The SMILES string of the molecule is COc1cccc(OC)c1N(NC(N)=NS(=O)(=O)[C@H](C)[C@H](C)c1ncc(C)cn1)C(=O)c1cncc(C)c1. The normalized spacial score (nSPS) is 13.4. The van der Waals surface area contributed by atoms with Crippen molar-refractivity contribution in [3.63, 3.8) is 0 Å². The second kappa shape index (κ2) is 11.9. The van der Waals surface area contributed by atoms with E-state index in [1.165, 1.54) is 27.3 Å². The van der Waals surface area contributed by atoms with Gasteiger partial charge in [0.1, 0.15) is 17.3 Å². The van der Waals surface area contributed by atoms with E-state index in [1.54, 1.807) is 56.7 Å². The Kier molecular flexibility index (Phi) is 8.84. The van der Waals surface area contributed by atoms with E-state index in [2.05, 4.69) is 24.8 Å². The first-order valence-corrected chi connectivity index (χ1v) is 13.1. The van der Waals surface area contributed by atoms with Gasteiger partial charge in [0.05, 0.1) is 25.0 Å². The number of methoxy groups -OCH3 is 2. The van der Waals surface area contributed by atoms with Gasteiger partial charge < -0.3 is 15.2 Å². The molecule has 3 aromatic rings. The van der Waals surface area contributed by atoms with Gasteiger partial charge in [-0.05, 0) is 50.1 Å². The fraction of sp³-hybridized carbons (Fsp3) is 0.320. The van der Waals surface area contributed by atoms with Gasteiger partial charge in [-0.3, -0.25) is 15.2 Å². The van der Waals surface area contributed by atoms with Gasteiger partial charge in [0.2, 0.25) is 5.96 Å². The molecule has 202 valence electrons. The molecule has 0 aliphatic rings. The van der Waals surface area contributed by atoms with Crippen LogP contribution in [0.25, 0.3) is 0 Å². The highest BCUT2D eigenvalue weighted by molar-refractivity contribution is 7.90. The quantitative estimate of drug-likeness (QED) is 0.246. The molecule has 0 unspecified atom stereocenters. The van der Waals surface area contributed by atoms with Crippen molar-refractivity contribution in [2.24, 2.45) is 10.1 Å². The molecule has 2 heterocycles. The largest absolute Gasteiger partial charge is 0.494 e. The zero-order valence-corrected chi connectivity index (χ0v) is 22.9. The van der Waals surface area contributed by atoms with Crippen LogP contribution >= 0.6 is 0 Å². The number of para-hydroxylation sites is 1. The Balaban J connectivity index is 2.01. The maximum absolute atomic E-state index is 13.6. The zero-order valence-electron chi connectivity index (χ0n) is 22.0. The molecular formula is C25H31N7O5S. The Morgan fingerprint density at radius 2 is 1.63 bits per heavy atom. The number of aromatic nitrogens is 3. The fourth-order valence-corrected chi connectivity index (χ4v) is 4.64. The number of carbonyl (C=O) groups is 1. The summed E-state index contributed by atoms with van der Waals surface area (Å²) in [7, 11) is -1.32. The molecule has 2 atom stereocenters. The third-order valence-electron chi connectivity index (χ3n) is 5.78. The fourth-order valence-electron chi connectivity index (χ4n) is 3.52. The van der Waals surface area contributed by atoms with Gasteiger partial charge in [-0.15, -0.1) is 4.40 Å². The van der Waals surface area contributed by atoms with Crippen molar-refractivity contribution in [2.45, 2.75) is 38.9 Å². The first kappa shape index (κ1) is 28.3. The van der Waals surface area contributed by atoms with Crippen molar-refractivity contribution in [3.8, 4) is 11.5 Å². The van der Waals surface area contributed by atoms with Crippen molar-refractivity contribution in [2.75, 3.05) is 19.2 Å². The molecule has 13 heteroatoms. The Labute approximate surface area is 222 Å². The molecule has 0 bridgehead atoms. The number of anilines is 1. The smallest absolute Gasteiger partial charge is 0.278 e. The summed E-state index contributed by atoms with van der Waals surface area (Å²) in [4.78, 5) is 26.1. The number of aryl methyl sites for hydroxylation is 2. The number of rotatable bonds is 8. The van der Waals surface area contributed by atoms with Crippen LogP contribution in [0.4, 0.5) is 5.69 Å². The number of hydrazine groups is 1. The van der Waals surface area contributed by atoms with Gasteiger partial charge in [0, 0.05) is 30.7 Å². The monoisotopic (exact) mass is 541 g/mol. The summed E-state index contributed by atoms with van der Waals surface area (Å²) in [5.41, 5.74) is 10.6. The number of ether oxygens (including phenoxy) is 2. The highest BCUT2D eigenvalue weighted by Crippen LogP contribution is 2.37. The lowest BCUT2D eigenvalue weighted by atomic mass is 10.1. The van der Waals surface area contributed by atoms with E-state index in [1.807, 2.05) is 6.92 Å². The molecule has 0 fully saturated rings. The minimum Gasteiger partial charge on any atom is -0.494 e. The number of hydrogen-bond acceptors (Lipinski definition) is 8. The number of benzene rings is 1. The predicted molar refractivity (Wildman–Crippen MR) is 144 cm³/mol. The van der Waals surface area contributed by atoms with E-state index in [-0.39, 0.29) is 22.7 Å². The van der Waals surface area contributed by atoms with Crippen LogP contribution in [-0.4, -0.2) is 54.7 Å². The molecule has 12 nitrogen and oxygen atoms in total. The molecule has 1 amide bonds. The number of nitrogens with one attached hydrogen (secondary N) is 1. The Morgan fingerprint density at radius 1 is 1.03 bits per heavy atom. The molecule has 38 heavy (non-hydrogen) atoms. The van der Waals surface area contributed by atoms with Crippen LogP contribution in [0.15, 0.2) is 53.5 Å². The summed E-state index contributed by atoms with van der Waals surface area (Å²) in [6.45, 7) is 6.80. The Bertz CT molecular complexity index is 1410. The van der Waals surface area contributed by atoms with Gasteiger partial charge in [-0.25, -0.2) is 23.4 Å². The molecule has 0 saturated carbocycles. The molecule has 0 aliphatic heterocycles. The van der Waals surface area contributed by atoms with E-state index >= 15 is 0 Å². The Hall–Kier alpha value is -4.26. The lowest BCUT2D eigenvalue weighted by molar-refractivity contribution is 0.0978. The third-order valence-corrected chi connectivity index (χ3v) is 7.58. The number of hydrogen-bond donors (Lipinski definition) is 2. The number of nitrogens with two attached hydrogens (primary N) is 1. The van der Waals surface area contributed by atoms with Crippen LogP contribution in [0.5, 0.6) is 11.5 Å². The summed E-state index contributed by atoms with van der Waals surface area (Å²) in [5, 5.41) is -0.00361. The lowest BCUT2D eigenvalue weighted by Crippen LogP contribution is -2.50. The maximum Gasteiger partial charge on any atom is 0.278 e. The number of guanidine groups is 1. The molecule has 0 aliphatic carbocycles. The first-order valence-electron chi connectivity index (χ1n) is 11.6. The van der Waals surface area contributed by atoms with Gasteiger partial charge in [-0.1, -0.05) is 13.0 Å². The van der Waals surface area contributed by atoms with E-state index in [0.29, 0.717) is 5.82 Å². The van der Waals surface area contributed by atoms with Crippen LogP contribution in [0.3, 0.4) is 0 Å². The average Bonchev–Trinajstić information content (AvgIpc) is 2.90. The van der Waals surface area contributed by atoms with Crippen LogP contribution in [0.1, 0.15) is 47.1 Å². The number of nitrogens with zero attached hydrogens (tertiary/aromatic N) is 5. The molecule has 0 spiro atoms. The second-order valence-corrected chi connectivity index (χ2v) is 10.6. The highest BCUT2D eigenvalue weighted by Gasteiger charge is 2.31. The molecule has 0 radical (unpaired) electrons. The number of pyridine rings is 1. The summed E-state index contributed by atoms with van der Waals surface area (Å²) in [6.07, 6.45) is 6.20. The molecule has 0 saturated heterocycles. The van der Waals surface area contributed by atoms with E-state index in [0.717, 1.165) is 16.1 Å². The van der Waals surface area contributed by atoms with Crippen molar-refractivity contribution in [1.82, 2.24) is 20.4 Å². The maximum atomic E-state index is 13.6. The number of sulfonamides is 1. The standard InChI is InChI=1S/C25H31N7O5S/c1-15-10-19(14-27-11-15)24(33)32(22-20(36-5)8-7-9-21(22)37-6)30-25(26)31-38(34,35)18(4)17(3)23-28-12-16(2)13-29-23/h7-14,17-18H,1-6H3,(H3,26,30,31)/t17-,18+/m0/s1. The van der Waals surface area contributed by atoms with Crippen molar-refractivity contribution < 1.29 is 22.7 Å². The Morgan fingerprint density at radius 3 is 2.18 bits per heavy atom. The molecule has 1 aromatic carbocycles. The molecule has 3 rings (SSSR count). The van der Waals surface area contributed by atoms with E-state index in [4.69, 9.17) is 15.2 Å². The van der Waals surface area contributed by atoms with Gasteiger partial charge in [0.15, 0.2) is 5.69 Å². The van der Waals surface area contributed by atoms with Crippen LogP contribution < -0.4 is 25.6 Å². The lowest BCUT2D eigenvalue weighted by Gasteiger charge is -2.27. The summed E-state index contributed by atoms with van der Waals surface area (Å²) < 4.78 is 40.9. The van der Waals surface area contributed by atoms with E-state index < -0.39 is 33.1 Å². The van der Waals surface area contributed by atoms with Gasteiger partial charge in [-0.2, -0.15) is 0 Å². The second-order valence-electron chi connectivity index (χ2n) is 8.62. The topological polar surface area (TPSA) is 162 Å². The van der Waals surface area contributed by atoms with Gasteiger partial charge in [0.25, 0.3) is 15.9 Å². The third kappa shape index (κ3) is 6.35. The first-order chi connectivity index (χ1) is 18.0. The average molecular weight is 542 g/mol. The zero-order chi connectivity index (χ0) is 28.0. The summed E-state index contributed by atoms with van der Waals surface area (Å²) in [5.74, 6) is -0.844. The molecule has 3 N–H and O–H groups in total. The number of carbonyl (C=O) groups excluding carboxylic acids is 1. The van der Waals surface area contributed by atoms with Crippen molar-refractivity contribution in [1.29, 1.82) is 0 Å². The van der Waals surface area contributed by atoms with E-state index in [9.17, 15) is 13.2 Å². The minimum atomic E-state index is -4.17. The van der Waals surface area contributed by atoms with Crippen molar-refractivity contribution >= 4 is 27.6 Å². The van der Waals surface area contributed by atoms with Gasteiger partial charge >= 0.3 is 0 Å². The molecule has 2 aromatic heterocycles. The summed E-state index contributed by atoms with van der Waals surface area (Å²) >= 11 is 0. The van der Waals surface area contributed by atoms with Crippen LogP contribution in [-0.2, 0) is 10.0 Å². The highest BCUT2D eigenvalue weighted by atomic mass is 32.2. The van der Waals surface area contributed by atoms with Crippen molar-refractivity contribution in [3.05, 3.63) is 71.6 Å². The van der Waals surface area contributed by atoms with Crippen LogP contribution in [0.2, 0.25) is 0 Å². The minimum absolute atomic E-state index is 0.161. The molecular weight excluding hydrogens is 510 g/mol.